The average Bonchev–Trinajstić information content (AvgIpc) is 2.97. The quantitative estimate of drug-likeness (QED) is 0.873. The van der Waals surface area contributed by atoms with Gasteiger partial charge in [-0.25, -0.2) is 4.98 Å². The number of fused-ring (bicyclic) bond motifs is 1. The van der Waals surface area contributed by atoms with Crippen LogP contribution < -0.4 is 4.74 Å². The summed E-state index contributed by atoms with van der Waals surface area (Å²) in [6.45, 7) is 1.89. The van der Waals surface area contributed by atoms with Crippen LogP contribution in [0.2, 0.25) is 0 Å². The zero-order chi connectivity index (χ0) is 12.5. The molecule has 0 amide bonds. The topological polar surface area (TPSA) is 74.6 Å². The summed E-state index contributed by atoms with van der Waals surface area (Å²) in [5.41, 5.74) is 3.58. The van der Waals surface area contributed by atoms with Gasteiger partial charge in [0.2, 0.25) is 11.8 Å². The van der Waals surface area contributed by atoms with E-state index in [1.807, 2.05) is 13.0 Å². The summed E-state index contributed by atoms with van der Waals surface area (Å²) in [6, 6.07) is 5.78. The number of aromatic nitrogens is 3. The van der Waals surface area contributed by atoms with Crippen molar-refractivity contribution in [2.75, 3.05) is 0 Å². The molecule has 90 valence electrons. The first kappa shape index (κ1) is 10.8. The molecule has 2 aromatic heterocycles. The lowest BCUT2D eigenvalue weighted by molar-refractivity contribution is 0.440. The van der Waals surface area contributed by atoms with Crippen LogP contribution in [-0.4, -0.2) is 15.2 Å². The summed E-state index contributed by atoms with van der Waals surface area (Å²) in [7, 11) is 0. The minimum Gasteiger partial charge on any atom is -0.418 e. The number of nitrogens with one attached hydrogen (secondary N) is 1. The van der Waals surface area contributed by atoms with Crippen molar-refractivity contribution in [1.82, 2.24) is 15.2 Å². The van der Waals surface area contributed by atoms with E-state index in [2.05, 4.69) is 21.3 Å². The Hall–Kier alpha value is -2.35. The SMILES string of the molecule is Cc1cc(Oc2nc3c(cc2C#N)CCC3)n[nH]1. The van der Waals surface area contributed by atoms with Gasteiger partial charge in [-0.3, -0.25) is 5.10 Å². The van der Waals surface area contributed by atoms with Crippen molar-refractivity contribution in [2.24, 2.45) is 0 Å². The molecule has 1 N–H and O–H groups in total. The van der Waals surface area contributed by atoms with E-state index in [0.717, 1.165) is 36.2 Å². The van der Waals surface area contributed by atoms with Crippen LogP contribution in [0.1, 0.15) is 28.9 Å². The lowest BCUT2D eigenvalue weighted by Gasteiger charge is -2.06. The number of nitriles is 1. The predicted molar refractivity (Wildman–Crippen MR) is 64.4 cm³/mol. The molecule has 0 aliphatic heterocycles. The monoisotopic (exact) mass is 240 g/mol. The van der Waals surface area contributed by atoms with Crippen LogP contribution in [0.15, 0.2) is 12.1 Å². The Morgan fingerprint density at radius 2 is 2.28 bits per heavy atom. The van der Waals surface area contributed by atoms with Gasteiger partial charge < -0.3 is 4.74 Å². The number of hydrogen-bond donors (Lipinski definition) is 1. The molecule has 0 spiro atoms. The summed E-state index contributed by atoms with van der Waals surface area (Å²) in [5.74, 6) is 0.791. The van der Waals surface area contributed by atoms with E-state index >= 15 is 0 Å². The highest BCUT2D eigenvalue weighted by atomic mass is 16.5. The largest absolute Gasteiger partial charge is 0.418 e. The highest BCUT2D eigenvalue weighted by Gasteiger charge is 2.18. The van der Waals surface area contributed by atoms with Crippen LogP contribution >= 0.6 is 0 Å². The molecule has 18 heavy (non-hydrogen) atoms. The van der Waals surface area contributed by atoms with E-state index in [4.69, 9.17) is 10.00 Å². The summed E-state index contributed by atoms with van der Waals surface area (Å²) >= 11 is 0. The average molecular weight is 240 g/mol. The van der Waals surface area contributed by atoms with Gasteiger partial charge in [-0.15, -0.1) is 5.10 Å². The van der Waals surface area contributed by atoms with Crippen LogP contribution in [0.4, 0.5) is 0 Å². The molecule has 1 aliphatic carbocycles. The molecule has 0 fully saturated rings. The molecule has 1 aliphatic rings. The first-order valence-corrected chi connectivity index (χ1v) is 5.89. The third kappa shape index (κ3) is 1.82. The van der Waals surface area contributed by atoms with Gasteiger partial charge in [-0.1, -0.05) is 0 Å². The Labute approximate surface area is 104 Å². The highest BCUT2D eigenvalue weighted by Crippen LogP contribution is 2.28. The Kier molecular flexibility index (Phi) is 2.49. The first-order valence-electron chi connectivity index (χ1n) is 5.89. The van der Waals surface area contributed by atoms with E-state index in [-0.39, 0.29) is 0 Å². The fraction of sp³-hybridized carbons (Fsp3) is 0.308. The number of nitrogens with zero attached hydrogens (tertiary/aromatic N) is 3. The van der Waals surface area contributed by atoms with Crippen LogP contribution in [0.3, 0.4) is 0 Å². The van der Waals surface area contributed by atoms with E-state index in [0.29, 0.717) is 17.3 Å². The molecule has 5 heteroatoms. The molecule has 0 aromatic carbocycles. The molecular weight excluding hydrogens is 228 g/mol. The van der Waals surface area contributed by atoms with Crippen molar-refractivity contribution in [3.05, 3.63) is 34.6 Å². The Bertz CT molecular complexity index is 639. The van der Waals surface area contributed by atoms with Gasteiger partial charge in [0, 0.05) is 17.5 Å². The summed E-state index contributed by atoms with van der Waals surface area (Å²) in [4.78, 5) is 4.43. The standard InChI is InChI=1S/C13H12N4O/c1-8-5-12(17-16-8)18-13-10(7-14)6-9-3-2-4-11(9)15-13/h5-6H,2-4H2,1H3,(H,16,17). The van der Waals surface area contributed by atoms with E-state index < -0.39 is 0 Å². The maximum Gasteiger partial charge on any atom is 0.240 e. The summed E-state index contributed by atoms with van der Waals surface area (Å²) < 4.78 is 5.57. The molecular formula is C13H12N4O. The minimum atomic E-state index is 0.352. The fourth-order valence-electron chi connectivity index (χ4n) is 2.16. The van der Waals surface area contributed by atoms with Crippen LogP contribution in [0, 0.1) is 18.3 Å². The van der Waals surface area contributed by atoms with Crippen LogP contribution in [-0.2, 0) is 12.8 Å². The predicted octanol–water partition coefficient (Wildman–Crippen LogP) is 2.27. The zero-order valence-electron chi connectivity index (χ0n) is 10.0. The lowest BCUT2D eigenvalue weighted by Crippen LogP contribution is -1.97. The second-order valence-corrected chi connectivity index (χ2v) is 4.40. The van der Waals surface area contributed by atoms with Gasteiger partial charge in [-0.2, -0.15) is 5.26 Å². The molecule has 0 bridgehead atoms. The number of ether oxygens (including phenoxy) is 1. The van der Waals surface area contributed by atoms with Crippen LogP contribution in [0.5, 0.6) is 11.8 Å². The summed E-state index contributed by atoms with van der Waals surface area (Å²) in [6.07, 6.45) is 3.05. The fourth-order valence-corrected chi connectivity index (χ4v) is 2.16. The third-order valence-corrected chi connectivity index (χ3v) is 3.02. The zero-order valence-corrected chi connectivity index (χ0v) is 10.0. The maximum atomic E-state index is 9.13. The molecule has 0 unspecified atom stereocenters. The lowest BCUT2D eigenvalue weighted by atomic mass is 10.1. The first-order chi connectivity index (χ1) is 8.76. The third-order valence-electron chi connectivity index (χ3n) is 3.02. The van der Waals surface area contributed by atoms with Gasteiger partial charge in [0.15, 0.2) is 0 Å². The van der Waals surface area contributed by atoms with Gasteiger partial charge in [0.05, 0.1) is 0 Å². The molecule has 2 aromatic rings. The van der Waals surface area contributed by atoms with Crippen molar-refractivity contribution in [3.8, 4) is 17.8 Å². The molecule has 0 atom stereocenters. The number of H-pyrrole nitrogens is 1. The number of rotatable bonds is 2. The second-order valence-electron chi connectivity index (χ2n) is 4.40. The number of pyridine rings is 1. The van der Waals surface area contributed by atoms with Gasteiger partial charge in [0.25, 0.3) is 0 Å². The number of hydrogen-bond acceptors (Lipinski definition) is 4. The van der Waals surface area contributed by atoms with Crippen molar-refractivity contribution in [1.29, 1.82) is 5.26 Å². The number of aromatic amines is 1. The van der Waals surface area contributed by atoms with Gasteiger partial charge in [-0.05, 0) is 37.8 Å². The second kappa shape index (κ2) is 4.15. The minimum absolute atomic E-state index is 0.352. The molecule has 0 saturated heterocycles. The van der Waals surface area contributed by atoms with Crippen molar-refractivity contribution < 1.29 is 4.74 Å². The Morgan fingerprint density at radius 1 is 1.39 bits per heavy atom. The van der Waals surface area contributed by atoms with Gasteiger partial charge >= 0.3 is 0 Å². The molecule has 0 radical (unpaired) electrons. The molecule has 3 rings (SSSR count). The van der Waals surface area contributed by atoms with Gasteiger partial charge in [0.1, 0.15) is 11.6 Å². The molecule has 5 nitrogen and oxygen atoms in total. The molecule has 2 heterocycles. The maximum absolute atomic E-state index is 9.13. The normalized spacial score (nSPS) is 13.1. The van der Waals surface area contributed by atoms with Crippen molar-refractivity contribution >= 4 is 0 Å². The van der Waals surface area contributed by atoms with Crippen molar-refractivity contribution in [2.45, 2.75) is 26.2 Å². The van der Waals surface area contributed by atoms with Crippen molar-refractivity contribution in [3.63, 3.8) is 0 Å². The number of aryl methyl sites for hydroxylation is 3. The van der Waals surface area contributed by atoms with E-state index in [9.17, 15) is 0 Å². The summed E-state index contributed by atoms with van der Waals surface area (Å²) in [5, 5.41) is 15.9. The smallest absolute Gasteiger partial charge is 0.240 e. The Morgan fingerprint density at radius 3 is 3.00 bits per heavy atom. The van der Waals surface area contributed by atoms with Crippen LogP contribution in [0.25, 0.3) is 0 Å². The highest BCUT2D eigenvalue weighted by molar-refractivity contribution is 5.45. The van der Waals surface area contributed by atoms with E-state index in [1.54, 1.807) is 6.07 Å². The molecule has 0 saturated carbocycles. The van der Waals surface area contributed by atoms with E-state index in [1.165, 1.54) is 0 Å². The Balaban J connectivity index is 1.98.